The number of benzene rings is 4. The number of rotatable bonds is 20. The predicted molar refractivity (Wildman–Crippen MR) is 254 cm³/mol. The maximum Gasteiger partial charge on any atom is 0.239 e. The molecule has 4 aromatic rings. The summed E-state index contributed by atoms with van der Waals surface area (Å²) < 4.78 is 21.5. The lowest BCUT2D eigenvalue weighted by Crippen LogP contribution is -2.70. The maximum atomic E-state index is 15.3. The van der Waals surface area contributed by atoms with Crippen molar-refractivity contribution in [2.45, 2.75) is 122 Å². The topological polar surface area (TPSA) is 110 Å². The van der Waals surface area contributed by atoms with Gasteiger partial charge >= 0.3 is 0 Å². The first-order chi connectivity index (χ1) is 31.3. The molecule has 340 valence electrons. The minimum atomic E-state index is -1.33. The van der Waals surface area contributed by atoms with Crippen molar-refractivity contribution in [2.24, 2.45) is 28.8 Å². The molecule has 9 nitrogen and oxygen atoms in total. The van der Waals surface area contributed by atoms with Gasteiger partial charge in [0.05, 0.1) is 18.2 Å². The molecule has 0 aromatic heterocycles. The Morgan fingerprint density at radius 3 is 2.42 bits per heavy atom. The fourth-order valence-corrected chi connectivity index (χ4v) is 11.5. The summed E-state index contributed by atoms with van der Waals surface area (Å²) in [6.07, 6.45) is 15.4. The Morgan fingerprint density at radius 2 is 1.66 bits per heavy atom. The van der Waals surface area contributed by atoms with E-state index in [1.165, 1.54) is 31.2 Å². The monoisotopic (exact) mass is 869 g/mol. The van der Waals surface area contributed by atoms with Crippen LogP contribution in [-0.2, 0) is 20.9 Å². The minimum Gasteiger partial charge on any atom is -0.459 e. The number of fused-ring (bicyclic) bond motifs is 3. The highest BCUT2D eigenvalue weighted by Crippen LogP contribution is 2.62. The van der Waals surface area contributed by atoms with Crippen LogP contribution in [0.3, 0.4) is 0 Å². The highest BCUT2D eigenvalue weighted by molar-refractivity contribution is 6.03. The number of hydrogen-bond acceptors (Lipinski definition) is 8. The van der Waals surface area contributed by atoms with Gasteiger partial charge in [0.25, 0.3) is 0 Å². The molecule has 3 aliphatic carbocycles. The standard InChI is InChI=1S/C55H68N2O7/c1-5-31-62-55-51(57(52(60)28-24-39-15-6-7-16-39)36-42-20-14-19-40-17-8-9-21-45(40)42)35-49(56-61-4)47-33-41(18-10-12-29-58)46(22-11-13-30-59)53(54(47)55)48-34-44(26-27-50(48)64-55)63-43-25-23-37(2)38(3)32-43/h5,8-9,14,17,19-21,23,25-27,32-34,39,41,46,51,53-54,58-59H,1,6-7,10-13,15-16,18,22,24,28-31,35-36H2,2-4H3. The summed E-state index contributed by atoms with van der Waals surface area (Å²) in [5.74, 6) is 1.18. The van der Waals surface area contributed by atoms with Gasteiger partial charge in [0.15, 0.2) is 0 Å². The van der Waals surface area contributed by atoms with Gasteiger partial charge in [-0.1, -0.05) is 104 Å². The smallest absolute Gasteiger partial charge is 0.239 e. The van der Waals surface area contributed by atoms with Crippen molar-refractivity contribution in [1.82, 2.24) is 4.90 Å². The van der Waals surface area contributed by atoms with Crippen LogP contribution < -0.4 is 9.47 Å². The van der Waals surface area contributed by atoms with Gasteiger partial charge in [-0.3, -0.25) is 4.79 Å². The second-order valence-electron chi connectivity index (χ2n) is 18.7. The van der Waals surface area contributed by atoms with Crippen LogP contribution >= 0.6 is 0 Å². The third-order valence-corrected chi connectivity index (χ3v) is 14.7. The number of aliphatic hydroxyl groups excluding tert-OH is 2. The van der Waals surface area contributed by atoms with E-state index in [0.717, 1.165) is 76.6 Å². The van der Waals surface area contributed by atoms with E-state index in [0.29, 0.717) is 49.6 Å². The number of unbranched alkanes of at least 4 members (excludes halogenated alkanes) is 2. The van der Waals surface area contributed by atoms with Crippen molar-refractivity contribution in [1.29, 1.82) is 0 Å². The normalized spacial score (nSPS) is 24.4. The van der Waals surface area contributed by atoms with E-state index in [1.54, 1.807) is 13.2 Å². The summed E-state index contributed by atoms with van der Waals surface area (Å²) in [7, 11) is 1.60. The van der Waals surface area contributed by atoms with Crippen LogP contribution in [0.2, 0.25) is 0 Å². The van der Waals surface area contributed by atoms with Gasteiger partial charge in [0.1, 0.15) is 30.4 Å². The van der Waals surface area contributed by atoms with Gasteiger partial charge < -0.3 is 34.2 Å². The Morgan fingerprint density at radius 1 is 0.906 bits per heavy atom. The zero-order chi connectivity index (χ0) is 44.6. The molecule has 8 rings (SSSR count). The second-order valence-corrected chi connectivity index (χ2v) is 18.7. The van der Waals surface area contributed by atoms with Crippen molar-refractivity contribution in [2.75, 3.05) is 26.9 Å². The predicted octanol–water partition coefficient (Wildman–Crippen LogP) is 11.5. The van der Waals surface area contributed by atoms with Crippen molar-refractivity contribution in [3.05, 3.63) is 125 Å². The molecule has 1 amide bonds. The molecule has 0 saturated heterocycles. The van der Waals surface area contributed by atoms with E-state index in [1.807, 2.05) is 18.2 Å². The van der Waals surface area contributed by atoms with E-state index in [-0.39, 0.29) is 43.5 Å². The third-order valence-electron chi connectivity index (χ3n) is 14.7. The summed E-state index contributed by atoms with van der Waals surface area (Å²) in [6.45, 7) is 9.15. The summed E-state index contributed by atoms with van der Waals surface area (Å²) in [5.41, 5.74) is 6.27. The molecule has 2 fully saturated rings. The average Bonchev–Trinajstić information content (AvgIpc) is 3.84. The quantitative estimate of drug-likeness (QED) is 0.0517. The maximum absolute atomic E-state index is 15.3. The fraction of sp³-hybridized carbons (Fsp3) is 0.491. The largest absolute Gasteiger partial charge is 0.459 e. The van der Waals surface area contributed by atoms with Crippen molar-refractivity contribution < 1.29 is 34.1 Å². The Hall–Kier alpha value is -4.96. The van der Waals surface area contributed by atoms with Gasteiger partial charge in [-0.25, -0.2) is 0 Å². The van der Waals surface area contributed by atoms with Gasteiger partial charge in [0.2, 0.25) is 11.7 Å². The molecule has 6 unspecified atom stereocenters. The molecule has 64 heavy (non-hydrogen) atoms. The number of carbonyl (C=O) groups excluding carboxylic acids is 1. The molecule has 1 heterocycles. The Labute approximate surface area is 380 Å². The number of aryl methyl sites for hydroxylation is 2. The van der Waals surface area contributed by atoms with Crippen LogP contribution in [0, 0.1) is 37.5 Å². The Balaban J connectivity index is 1.32. The van der Waals surface area contributed by atoms with E-state index in [9.17, 15) is 10.2 Å². The number of carbonyl (C=O) groups is 1. The van der Waals surface area contributed by atoms with E-state index in [2.05, 4.69) is 92.1 Å². The summed E-state index contributed by atoms with van der Waals surface area (Å²) in [5, 5.41) is 27.1. The van der Waals surface area contributed by atoms with Crippen molar-refractivity contribution in [3.8, 4) is 17.2 Å². The SMILES string of the molecule is C=CCOC12Oc3ccc(Oc4ccc(C)c(C)c4)cc3C3C(CCCCO)C(CCCCO)C=C(C(=NOC)CC1N(Cc1cccc4ccccc14)C(=O)CCC1CCCC1)C32. The molecule has 9 heteroatoms. The molecule has 0 bridgehead atoms. The molecule has 6 atom stereocenters. The van der Waals surface area contributed by atoms with Crippen LogP contribution in [0.5, 0.6) is 17.2 Å². The molecule has 0 spiro atoms. The van der Waals surface area contributed by atoms with Crippen LogP contribution in [0.15, 0.2) is 108 Å². The lowest BCUT2D eigenvalue weighted by molar-refractivity contribution is -0.258. The highest BCUT2D eigenvalue weighted by Gasteiger charge is 2.65. The van der Waals surface area contributed by atoms with E-state index < -0.39 is 17.7 Å². The van der Waals surface area contributed by atoms with Gasteiger partial charge in [-0.2, -0.15) is 0 Å². The molecular formula is C55H68N2O7. The number of oxime groups is 1. The lowest BCUT2D eigenvalue weighted by atomic mass is 9.55. The number of allylic oxidation sites excluding steroid dienone is 1. The van der Waals surface area contributed by atoms with Crippen LogP contribution in [0.25, 0.3) is 10.8 Å². The lowest BCUT2D eigenvalue weighted by Gasteiger charge is -2.60. The van der Waals surface area contributed by atoms with Gasteiger partial charge in [-0.05, 0) is 127 Å². The molecule has 4 aliphatic rings. The third kappa shape index (κ3) is 9.54. The number of hydrogen-bond donors (Lipinski definition) is 2. The van der Waals surface area contributed by atoms with Crippen LogP contribution in [0.1, 0.15) is 112 Å². The van der Waals surface area contributed by atoms with E-state index >= 15 is 4.79 Å². The average molecular weight is 869 g/mol. The van der Waals surface area contributed by atoms with Gasteiger partial charge in [0, 0.05) is 44.1 Å². The number of ether oxygens (including phenoxy) is 3. The minimum absolute atomic E-state index is 0.0795. The fourth-order valence-electron chi connectivity index (χ4n) is 11.5. The summed E-state index contributed by atoms with van der Waals surface area (Å²) in [6, 6.07) is 26.5. The highest BCUT2D eigenvalue weighted by atomic mass is 16.7. The Kier molecular flexibility index (Phi) is 14.9. The molecular weight excluding hydrogens is 801 g/mol. The first kappa shape index (κ1) is 45.6. The van der Waals surface area contributed by atoms with Crippen molar-refractivity contribution in [3.63, 3.8) is 0 Å². The molecule has 2 saturated carbocycles. The van der Waals surface area contributed by atoms with Crippen LogP contribution in [0.4, 0.5) is 0 Å². The molecule has 2 N–H and O–H groups in total. The first-order valence-electron chi connectivity index (χ1n) is 23.9. The molecule has 0 radical (unpaired) electrons. The number of nitrogens with zero attached hydrogens (tertiary/aromatic N) is 2. The zero-order valence-electron chi connectivity index (χ0n) is 38.2. The van der Waals surface area contributed by atoms with E-state index in [4.69, 9.17) is 24.2 Å². The molecule has 1 aliphatic heterocycles. The first-order valence-corrected chi connectivity index (χ1v) is 23.9. The second kappa shape index (κ2) is 20.9. The molecule has 4 aromatic carbocycles. The Bertz CT molecular complexity index is 2310. The van der Waals surface area contributed by atoms with Crippen molar-refractivity contribution >= 4 is 22.4 Å². The number of amides is 1. The number of aliphatic hydroxyl groups is 2. The summed E-state index contributed by atoms with van der Waals surface area (Å²) >= 11 is 0. The van der Waals surface area contributed by atoms with Gasteiger partial charge in [-0.15, -0.1) is 6.58 Å². The van der Waals surface area contributed by atoms with Crippen LogP contribution in [-0.4, -0.2) is 65.5 Å². The summed E-state index contributed by atoms with van der Waals surface area (Å²) in [4.78, 5) is 23.1. The zero-order valence-corrected chi connectivity index (χ0v) is 38.2.